The summed E-state index contributed by atoms with van der Waals surface area (Å²) in [7, 11) is 1.60. The summed E-state index contributed by atoms with van der Waals surface area (Å²) < 4.78 is 5.09. The van der Waals surface area contributed by atoms with Crippen LogP contribution in [0.25, 0.3) is 0 Å². The number of aliphatic imine (C=N–C) groups is 1. The highest BCUT2D eigenvalue weighted by Gasteiger charge is 2.02. The van der Waals surface area contributed by atoms with E-state index in [-0.39, 0.29) is 12.6 Å². The Morgan fingerprint density at radius 3 is 2.85 bits per heavy atom. The van der Waals surface area contributed by atoms with Gasteiger partial charge < -0.3 is 9.84 Å². The molecule has 0 heterocycles. The number of methoxy groups -OCH3 is 1. The second kappa shape index (κ2) is 7.73. The van der Waals surface area contributed by atoms with Crippen LogP contribution in [0.5, 0.6) is 0 Å². The van der Waals surface area contributed by atoms with Crippen LogP contribution in [0.2, 0.25) is 0 Å². The van der Waals surface area contributed by atoms with Gasteiger partial charge in [0.1, 0.15) is 6.54 Å². The molecule has 4 heteroatoms. The van der Waals surface area contributed by atoms with E-state index in [0.717, 1.165) is 19.3 Å². The van der Waals surface area contributed by atoms with Crippen molar-refractivity contribution < 1.29 is 14.6 Å². The summed E-state index contributed by atoms with van der Waals surface area (Å²) in [5.74, 6) is -0.915. The third-order valence-corrected chi connectivity index (χ3v) is 1.64. The smallest absolute Gasteiger partial charge is 0.325 e. The third kappa shape index (κ3) is 7.46. The molecule has 4 nitrogen and oxygen atoms in total. The number of hydrogen-bond acceptors (Lipinski definition) is 3. The zero-order valence-electron chi connectivity index (χ0n) is 8.19. The van der Waals surface area contributed by atoms with Crippen LogP contribution in [-0.4, -0.2) is 37.0 Å². The van der Waals surface area contributed by atoms with Crippen molar-refractivity contribution in [3.63, 3.8) is 0 Å². The number of unbranched alkanes of at least 4 members (excludes halogenated alkanes) is 1. The Kier molecular flexibility index (Phi) is 7.20. The van der Waals surface area contributed by atoms with Crippen LogP contribution >= 0.6 is 0 Å². The van der Waals surface area contributed by atoms with E-state index in [9.17, 15) is 4.79 Å². The van der Waals surface area contributed by atoms with Crippen LogP contribution in [0.15, 0.2) is 4.99 Å². The Bertz CT molecular complexity index is 168. The monoisotopic (exact) mass is 187 g/mol. The van der Waals surface area contributed by atoms with Gasteiger partial charge in [-0.15, -0.1) is 0 Å². The average Bonchev–Trinajstić information content (AvgIpc) is 2.10. The van der Waals surface area contributed by atoms with E-state index >= 15 is 0 Å². The van der Waals surface area contributed by atoms with Crippen molar-refractivity contribution in [3.05, 3.63) is 0 Å². The van der Waals surface area contributed by atoms with E-state index in [1.54, 1.807) is 13.3 Å². The molecule has 0 aromatic heterocycles. The summed E-state index contributed by atoms with van der Waals surface area (Å²) in [6.45, 7) is 1.92. The minimum atomic E-state index is -0.915. The van der Waals surface area contributed by atoms with Crippen LogP contribution in [0, 0.1) is 0 Å². The van der Waals surface area contributed by atoms with Gasteiger partial charge in [0.2, 0.25) is 0 Å². The molecule has 0 rings (SSSR count). The number of hydrogen-bond donors (Lipinski definition) is 1. The van der Waals surface area contributed by atoms with E-state index < -0.39 is 5.97 Å². The molecule has 0 aliphatic rings. The first-order valence-corrected chi connectivity index (χ1v) is 4.45. The topological polar surface area (TPSA) is 58.9 Å². The fourth-order valence-electron chi connectivity index (χ4n) is 0.907. The lowest BCUT2D eigenvalue weighted by Gasteiger charge is -2.08. The van der Waals surface area contributed by atoms with E-state index in [2.05, 4.69) is 11.9 Å². The van der Waals surface area contributed by atoms with Crippen LogP contribution in [0.4, 0.5) is 0 Å². The van der Waals surface area contributed by atoms with Gasteiger partial charge in [0.15, 0.2) is 0 Å². The summed E-state index contributed by atoms with van der Waals surface area (Å²) in [6.07, 6.45) is 4.60. The van der Waals surface area contributed by atoms with Gasteiger partial charge in [-0.2, -0.15) is 0 Å². The van der Waals surface area contributed by atoms with Crippen molar-refractivity contribution in [2.45, 2.75) is 32.3 Å². The molecule has 0 aliphatic heterocycles. The minimum absolute atomic E-state index is 0.0423. The van der Waals surface area contributed by atoms with Gasteiger partial charge in [-0.3, -0.25) is 9.79 Å². The second-order valence-electron chi connectivity index (χ2n) is 2.80. The fraction of sp³-hybridized carbons (Fsp3) is 0.778. The number of aliphatic carboxylic acids is 1. The molecular formula is C9H17NO3. The zero-order valence-corrected chi connectivity index (χ0v) is 8.19. The average molecular weight is 187 g/mol. The lowest BCUT2D eigenvalue weighted by Crippen LogP contribution is -2.13. The van der Waals surface area contributed by atoms with Crippen molar-refractivity contribution in [1.29, 1.82) is 0 Å². The van der Waals surface area contributed by atoms with Crippen molar-refractivity contribution >= 4 is 12.2 Å². The van der Waals surface area contributed by atoms with Gasteiger partial charge in [-0.1, -0.05) is 19.8 Å². The molecular weight excluding hydrogens is 170 g/mol. The van der Waals surface area contributed by atoms with Gasteiger partial charge >= 0.3 is 5.97 Å². The maximum absolute atomic E-state index is 10.1. The largest absolute Gasteiger partial charge is 0.480 e. The molecule has 0 spiro atoms. The number of carbonyl (C=O) groups is 1. The Morgan fingerprint density at radius 1 is 1.69 bits per heavy atom. The van der Waals surface area contributed by atoms with Gasteiger partial charge in [0.05, 0.1) is 6.10 Å². The molecule has 0 fully saturated rings. The van der Waals surface area contributed by atoms with Gasteiger partial charge in [-0.25, -0.2) is 0 Å². The maximum Gasteiger partial charge on any atom is 0.325 e. The summed E-state index contributed by atoms with van der Waals surface area (Å²) in [6, 6.07) is 0. The molecule has 0 bridgehead atoms. The highest BCUT2D eigenvalue weighted by atomic mass is 16.5. The van der Waals surface area contributed by atoms with Crippen LogP contribution in [0.3, 0.4) is 0 Å². The minimum Gasteiger partial charge on any atom is -0.480 e. The molecule has 0 aromatic rings. The highest BCUT2D eigenvalue weighted by Crippen LogP contribution is 2.01. The quantitative estimate of drug-likeness (QED) is 0.612. The van der Waals surface area contributed by atoms with Gasteiger partial charge in [0, 0.05) is 13.3 Å². The van der Waals surface area contributed by atoms with Crippen molar-refractivity contribution in [2.75, 3.05) is 13.7 Å². The third-order valence-electron chi connectivity index (χ3n) is 1.64. The molecule has 0 saturated carbocycles. The normalized spacial score (nSPS) is 13.4. The van der Waals surface area contributed by atoms with Crippen LogP contribution in [0.1, 0.15) is 26.2 Å². The lowest BCUT2D eigenvalue weighted by molar-refractivity contribution is -0.135. The molecule has 1 atom stereocenters. The molecule has 0 amide bonds. The SMILES string of the molecule is CCCCC(C=NCC(=O)O)OC. The Balaban J connectivity index is 3.68. The maximum atomic E-state index is 10.1. The Hall–Kier alpha value is -0.900. The Morgan fingerprint density at radius 2 is 2.38 bits per heavy atom. The molecule has 0 saturated heterocycles. The lowest BCUT2D eigenvalue weighted by atomic mass is 10.2. The zero-order chi connectivity index (χ0) is 10.1. The molecule has 13 heavy (non-hydrogen) atoms. The first kappa shape index (κ1) is 12.1. The van der Waals surface area contributed by atoms with E-state index in [0.29, 0.717) is 0 Å². The van der Waals surface area contributed by atoms with E-state index in [1.807, 2.05) is 0 Å². The van der Waals surface area contributed by atoms with Crippen molar-refractivity contribution in [3.8, 4) is 0 Å². The summed E-state index contributed by atoms with van der Waals surface area (Å²) >= 11 is 0. The molecule has 1 N–H and O–H groups in total. The number of carboxylic acid groups (broad SMARTS) is 1. The molecule has 1 unspecified atom stereocenters. The summed E-state index contributed by atoms with van der Waals surface area (Å²) in [4.78, 5) is 13.9. The molecule has 76 valence electrons. The molecule has 0 aliphatic carbocycles. The first-order chi connectivity index (χ1) is 6.20. The fourth-order valence-corrected chi connectivity index (χ4v) is 0.907. The predicted octanol–water partition coefficient (Wildman–Crippen LogP) is 1.35. The molecule has 0 radical (unpaired) electrons. The van der Waals surface area contributed by atoms with Crippen molar-refractivity contribution in [1.82, 2.24) is 0 Å². The molecule has 0 aromatic carbocycles. The summed E-state index contributed by atoms with van der Waals surface area (Å²) in [5, 5.41) is 8.32. The van der Waals surface area contributed by atoms with Crippen molar-refractivity contribution in [2.24, 2.45) is 4.99 Å². The first-order valence-electron chi connectivity index (χ1n) is 4.45. The Labute approximate surface area is 78.6 Å². The van der Waals surface area contributed by atoms with E-state index in [1.165, 1.54) is 0 Å². The summed E-state index contributed by atoms with van der Waals surface area (Å²) in [5.41, 5.74) is 0. The predicted molar refractivity (Wildman–Crippen MR) is 51.3 cm³/mol. The number of nitrogens with zero attached hydrogens (tertiary/aromatic N) is 1. The second-order valence-corrected chi connectivity index (χ2v) is 2.80. The standard InChI is InChI=1S/C9H17NO3/c1-3-4-5-8(13-2)6-10-7-9(11)12/h6,8H,3-5,7H2,1-2H3,(H,11,12). The van der Waals surface area contributed by atoms with Crippen LogP contribution < -0.4 is 0 Å². The highest BCUT2D eigenvalue weighted by molar-refractivity contribution is 5.73. The van der Waals surface area contributed by atoms with E-state index in [4.69, 9.17) is 9.84 Å². The number of carboxylic acids is 1. The van der Waals surface area contributed by atoms with Crippen LogP contribution in [-0.2, 0) is 9.53 Å². The van der Waals surface area contributed by atoms with Gasteiger partial charge in [0.25, 0.3) is 0 Å². The number of ether oxygens (including phenoxy) is 1. The number of rotatable bonds is 7. The van der Waals surface area contributed by atoms with Gasteiger partial charge in [-0.05, 0) is 6.42 Å².